The first-order valence-corrected chi connectivity index (χ1v) is 8.38. The van der Waals surface area contributed by atoms with E-state index in [-0.39, 0.29) is 11.3 Å². The molecule has 0 bridgehead atoms. The minimum absolute atomic E-state index is 0.193. The van der Waals surface area contributed by atoms with Gasteiger partial charge in [-0.25, -0.2) is 8.42 Å². The van der Waals surface area contributed by atoms with Gasteiger partial charge in [-0.05, 0) is 19.9 Å². The van der Waals surface area contributed by atoms with Gasteiger partial charge in [-0.1, -0.05) is 0 Å². The summed E-state index contributed by atoms with van der Waals surface area (Å²) in [5, 5.41) is 21.4. The van der Waals surface area contributed by atoms with Gasteiger partial charge >= 0.3 is 0 Å². The van der Waals surface area contributed by atoms with Crippen LogP contribution < -0.4 is 4.74 Å². The number of nitrogens with zero attached hydrogens (tertiary/aromatic N) is 2. The van der Waals surface area contributed by atoms with Crippen molar-refractivity contribution >= 4 is 15.7 Å². The fraction of sp³-hybridized carbons (Fsp3) is 0.538. The molecule has 8 nitrogen and oxygen atoms in total. The highest BCUT2D eigenvalue weighted by Gasteiger charge is 2.47. The van der Waals surface area contributed by atoms with Gasteiger partial charge in [0, 0.05) is 24.7 Å². The lowest BCUT2D eigenvalue weighted by atomic mass is 9.86. The summed E-state index contributed by atoms with van der Waals surface area (Å²) in [6.45, 7) is 3.26. The van der Waals surface area contributed by atoms with Crippen molar-refractivity contribution in [1.82, 2.24) is 4.31 Å². The Hall–Kier alpha value is -1.71. The molecule has 2 rings (SSSR count). The Morgan fingerprint density at radius 3 is 2.50 bits per heavy atom. The number of fused-ring (bicyclic) bond motifs is 1. The molecule has 0 spiro atoms. The van der Waals surface area contributed by atoms with Crippen LogP contribution in [0.25, 0.3) is 0 Å². The molecule has 1 aromatic rings. The molecule has 22 heavy (non-hydrogen) atoms. The van der Waals surface area contributed by atoms with Crippen LogP contribution in [0.1, 0.15) is 25.5 Å². The first kappa shape index (κ1) is 16.7. The average Bonchev–Trinajstić information content (AvgIpc) is 2.37. The molecule has 9 heteroatoms. The maximum atomic E-state index is 11.9. The summed E-state index contributed by atoms with van der Waals surface area (Å²) in [4.78, 5) is 10.4. The monoisotopic (exact) mass is 330 g/mol. The Balaban J connectivity index is 2.66. The molecule has 1 aromatic carbocycles. The molecule has 0 fully saturated rings. The zero-order valence-corrected chi connectivity index (χ0v) is 13.5. The van der Waals surface area contributed by atoms with Crippen molar-refractivity contribution in [3.8, 4) is 5.75 Å². The number of nitro groups is 1. The van der Waals surface area contributed by atoms with E-state index in [0.717, 1.165) is 10.6 Å². The third kappa shape index (κ3) is 2.79. The van der Waals surface area contributed by atoms with Gasteiger partial charge in [0.15, 0.2) is 0 Å². The largest absolute Gasteiger partial charge is 0.485 e. The molecule has 0 saturated carbocycles. The fourth-order valence-corrected chi connectivity index (χ4v) is 3.11. The zero-order valence-electron chi connectivity index (χ0n) is 12.7. The first-order chi connectivity index (χ1) is 9.95. The molecule has 0 amide bonds. The molecule has 1 aliphatic rings. The number of likely N-dealkylation sites (N-methyl/N-ethyl adjacent to an activating group) is 1. The summed E-state index contributed by atoms with van der Waals surface area (Å²) in [5.41, 5.74) is -0.956. The number of aliphatic hydroxyl groups excluding tert-OH is 1. The smallest absolute Gasteiger partial charge is 0.270 e. The van der Waals surface area contributed by atoms with Gasteiger partial charge in [-0.3, -0.25) is 10.1 Å². The Morgan fingerprint density at radius 1 is 1.41 bits per heavy atom. The normalized spacial score (nSPS) is 23.7. The number of ether oxygens (including phenoxy) is 1. The second-order valence-corrected chi connectivity index (χ2v) is 7.90. The van der Waals surface area contributed by atoms with Crippen LogP contribution in [-0.4, -0.2) is 47.8 Å². The average molecular weight is 330 g/mol. The molecule has 0 aliphatic carbocycles. The molecule has 0 radical (unpaired) electrons. The highest BCUT2D eigenvalue weighted by atomic mass is 32.2. The van der Waals surface area contributed by atoms with E-state index >= 15 is 0 Å². The van der Waals surface area contributed by atoms with E-state index in [1.165, 1.54) is 25.2 Å². The quantitative estimate of drug-likeness (QED) is 0.655. The molecule has 1 N–H and O–H groups in total. The molecule has 1 aliphatic heterocycles. The second kappa shape index (κ2) is 5.18. The molecule has 2 unspecified atom stereocenters. The maximum absolute atomic E-state index is 11.9. The van der Waals surface area contributed by atoms with Gasteiger partial charge < -0.3 is 9.84 Å². The summed E-state index contributed by atoms with van der Waals surface area (Å²) in [6, 6.07) is 2.97. The second-order valence-electron chi connectivity index (χ2n) is 5.85. The predicted molar refractivity (Wildman–Crippen MR) is 79.2 cm³/mol. The van der Waals surface area contributed by atoms with E-state index in [2.05, 4.69) is 0 Å². The molecule has 122 valence electrons. The SMILES string of the molecule is CN(C1c2cc([N+](=O)[O-])ccc2OC(C)(C)C1O)S(C)(=O)=O. The number of rotatable bonds is 3. The molecule has 0 saturated heterocycles. The fourth-order valence-electron chi connectivity index (χ4n) is 2.47. The lowest BCUT2D eigenvalue weighted by molar-refractivity contribution is -0.385. The van der Waals surface area contributed by atoms with Crippen molar-refractivity contribution in [1.29, 1.82) is 0 Å². The van der Waals surface area contributed by atoms with Crippen LogP contribution in [-0.2, 0) is 10.0 Å². The van der Waals surface area contributed by atoms with Gasteiger partial charge in [0.25, 0.3) is 5.69 Å². The first-order valence-electron chi connectivity index (χ1n) is 6.53. The maximum Gasteiger partial charge on any atom is 0.270 e. The van der Waals surface area contributed by atoms with E-state index in [4.69, 9.17) is 4.74 Å². The Morgan fingerprint density at radius 2 is 2.00 bits per heavy atom. The summed E-state index contributed by atoms with van der Waals surface area (Å²) in [7, 11) is -2.29. The van der Waals surface area contributed by atoms with E-state index in [1.807, 2.05) is 0 Å². The minimum atomic E-state index is -3.61. The van der Waals surface area contributed by atoms with Gasteiger partial charge in [-0.15, -0.1) is 0 Å². The van der Waals surface area contributed by atoms with E-state index in [9.17, 15) is 23.6 Å². The zero-order chi connectivity index (χ0) is 16.9. The third-order valence-corrected chi connectivity index (χ3v) is 5.10. The van der Waals surface area contributed by atoms with E-state index in [1.54, 1.807) is 13.8 Å². The van der Waals surface area contributed by atoms with Crippen LogP contribution in [0.5, 0.6) is 5.75 Å². The van der Waals surface area contributed by atoms with Gasteiger partial charge in [0.2, 0.25) is 10.0 Å². The molecule has 0 aromatic heterocycles. The van der Waals surface area contributed by atoms with Crippen LogP contribution in [0.4, 0.5) is 5.69 Å². The number of nitro benzene ring substituents is 1. The van der Waals surface area contributed by atoms with Crippen molar-refractivity contribution in [3.63, 3.8) is 0 Å². The van der Waals surface area contributed by atoms with Crippen molar-refractivity contribution in [2.45, 2.75) is 31.6 Å². The number of sulfonamides is 1. The van der Waals surface area contributed by atoms with Crippen molar-refractivity contribution in [2.24, 2.45) is 0 Å². The Labute approximate surface area is 128 Å². The van der Waals surface area contributed by atoms with Crippen molar-refractivity contribution in [2.75, 3.05) is 13.3 Å². The van der Waals surface area contributed by atoms with Crippen LogP contribution in [0.15, 0.2) is 18.2 Å². The number of aliphatic hydroxyl groups is 1. The van der Waals surface area contributed by atoms with Crippen molar-refractivity contribution in [3.05, 3.63) is 33.9 Å². The highest BCUT2D eigenvalue weighted by molar-refractivity contribution is 7.88. The lowest BCUT2D eigenvalue weighted by Gasteiger charge is -2.44. The van der Waals surface area contributed by atoms with E-state index in [0.29, 0.717) is 5.75 Å². The van der Waals surface area contributed by atoms with Gasteiger partial charge in [-0.2, -0.15) is 4.31 Å². The number of non-ortho nitro benzene ring substituents is 1. The molecular formula is C13H18N2O6S. The van der Waals surface area contributed by atoms with Crippen LogP contribution >= 0.6 is 0 Å². The number of hydrogen-bond acceptors (Lipinski definition) is 6. The summed E-state index contributed by atoms with van der Waals surface area (Å²) in [6.07, 6.45) is -0.166. The summed E-state index contributed by atoms with van der Waals surface area (Å²) >= 11 is 0. The Kier molecular flexibility index (Phi) is 3.92. The number of hydrogen-bond donors (Lipinski definition) is 1. The van der Waals surface area contributed by atoms with Crippen molar-refractivity contribution < 1.29 is 23.2 Å². The molecular weight excluding hydrogens is 312 g/mol. The Bertz CT molecular complexity index is 715. The minimum Gasteiger partial charge on any atom is -0.485 e. The predicted octanol–water partition coefficient (Wildman–Crippen LogP) is 1.06. The van der Waals surface area contributed by atoms with Crippen LogP contribution in [0.2, 0.25) is 0 Å². The standard InChI is InChI=1S/C13H18N2O6S/c1-13(2)12(16)11(14(3)22(4,19)20)9-7-8(15(17)18)5-6-10(9)21-13/h5-7,11-12,16H,1-4H3. The van der Waals surface area contributed by atoms with E-state index < -0.39 is 32.7 Å². The summed E-state index contributed by atoms with van der Waals surface area (Å²) < 4.78 is 30.4. The van der Waals surface area contributed by atoms with Crippen LogP contribution in [0.3, 0.4) is 0 Å². The number of benzene rings is 1. The van der Waals surface area contributed by atoms with Crippen LogP contribution in [0, 0.1) is 10.1 Å². The highest BCUT2D eigenvalue weighted by Crippen LogP contribution is 2.44. The molecule has 2 atom stereocenters. The topological polar surface area (TPSA) is 110 Å². The molecule has 1 heterocycles. The third-order valence-electron chi connectivity index (χ3n) is 3.82. The summed E-state index contributed by atoms with van der Waals surface area (Å²) in [5.74, 6) is 0.321. The lowest BCUT2D eigenvalue weighted by Crippen LogP contribution is -2.53. The van der Waals surface area contributed by atoms with Gasteiger partial charge in [0.1, 0.15) is 17.5 Å². The van der Waals surface area contributed by atoms with Gasteiger partial charge in [0.05, 0.1) is 17.2 Å².